The van der Waals surface area contributed by atoms with Gasteiger partial charge in [-0.25, -0.2) is 0 Å². The maximum atomic E-state index is 12.5. The van der Waals surface area contributed by atoms with Crippen LogP contribution >= 0.6 is 11.6 Å². The molecule has 1 heterocycles. The van der Waals surface area contributed by atoms with Crippen molar-refractivity contribution < 1.29 is 9.59 Å². The Morgan fingerprint density at radius 3 is 2.62 bits per heavy atom. The highest BCUT2D eigenvalue weighted by Crippen LogP contribution is 2.18. The minimum Gasteiger partial charge on any atom is -0.356 e. The van der Waals surface area contributed by atoms with Gasteiger partial charge in [-0.3, -0.25) is 9.59 Å². The molecule has 29 heavy (non-hydrogen) atoms. The number of halogens is 1. The summed E-state index contributed by atoms with van der Waals surface area (Å²) in [5, 5.41) is 7.05. The lowest BCUT2D eigenvalue weighted by Crippen LogP contribution is -2.25. The normalized spacial score (nSPS) is 13.8. The van der Waals surface area contributed by atoms with Crippen LogP contribution in [0.3, 0.4) is 0 Å². The number of carbonyl (C=O) groups is 2. The number of Topliss-reactive ketones (excluding diaryl/α,β-unsaturated/α-hetero) is 1. The number of fused-ring (bicyclic) bond motifs is 1. The van der Waals surface area contributed by atoms with Gasteiger partial charge >= 0.3 is 0 Å². The fourth-order valence-corrected chi connectivity index (χ4v) is 3.79. The maximum absolute atomic E-state index is 12.5. The van der Waals surface area contributed by atoms with Gasteiger partial charge in [-0.2, -0.15) is 0 Å². The van der Waals surface area contributed by atoms with Crippen molar-refractivity contribution in [2.75, 3.05) is 19.6 Å². The summed E-state index contributed by atoms with van der Waals surface area (Å²) in [5.74, 6) is -0.0240. The second-order valence-corrected chi connectivity index (χ2v) is 8.03. The van der Waals surface area contributed by atoms with Crippen molar-refractivity contribution in [3.8, 4) is 0 Å². The van der Waals surface area contributed by atoms with Crippen LogP contribution in [0.5, 0.6) is 0 Å². The molecule has 154 valence electrons. The molecule has 0 spiro atoms. The first-order valence-corrected chi connectivity index (χ1v) is 10.9. The molecule has 0 aliphatic carbocycles. The van der Waals surface area contributed by atoms with Gasteiger partial charge in [0.05, 0.1) is 0 Å². The number of ketones is 1. The summed E-state index contributed by atoms with van der Waals surface area (Å²) in [4.78, 5) is 24.6. The van der Waals surface area contributed by atoms with Crippen molar-refractivity contribution in [2.24, 2.45) is 0 Å². The first kappa shape index (κ1) is 21.5. The molecule has 0 unspecified atom stereocenters. The van der Waals surface area contributed by atoms with Gasteiger partial charge in [0.15, 0.2) is 5.78 Å². The Hall–Kier alpha value is -2.17. The summed E-state index contributed by atoms with van der Waals surface area (Å²) >= 11 is 5.88. The summed E-state index contributed by atoms with van der Waals surface area (Å²) in [6, 6.07) is 13.8. The standard InChI is InChI=1S/C24H29ClN2O2/c25-22-9-5-18(6-10-22)3-1-15-27-24(29)12-11-23(28)21-8-7-19-4-2-14-26-16-13-20(19)17-21/h5-10,17,26H,1-4,11-16H2,(H,27,29). The van der Waals surface area contributed by atoms with Crippen molar-refractivity contribution in [1.29, 1.82) is 0 Å². The van der Waals surface area contributed by atoms with E-state index in [0.29, 0.717) is 6.54 Å². The average Bonchev–Trinajstić information content (AvgIpc) is 2.71. The molecule has 0 radical (unpaired) electrons. The molecular formula is C24H29ClN2O2. The molecule has 3 rings (SSSR count). The van der Waals surface area contributed by atoms with Crippen LogP contribution in [0, 0.1) is 0 Å². The van der Waals surface area contributed by atoms with Gasteiger partial charge in [0.2, 0.25) is 5.91 Å². The van der Waals surface area contributed by atoms with E-state index in [0.717, 1.165) is 55.8 Å². The molecule has 1 aliphatic rings. The fourth-order valence-electron chi connectivity index (χ4n) is 3.66. The number of nitrogens with one attached hydrogen (secondary N) is 2. The number of aryl methyl sites for hydroxylation is 2. The Kier molecular flexibility index (Phi) is 8.26. The molecular weight excluding hydrogens is 384 g/mol. The van der Waals surface area contributed by atoms with Crippen molar-refractivity contribution in [3.63, 3.8) is 0 Å². The van der Waals surface area contributed by atoms with Crippen LogP contribution in [0.1, 0.15) is 52.7 Å². The number of amides is 1. The lowest BCUT2D eigenvalue weighted by atomic mass is 9.94. The highest BCUT2D eigenvalue weighted by Gasteiger charge is 2.13. The van der Waals surface area contributed by atoms with Gasteiger partial charge in [-0.1, -0.05) is 35.9 Å². The van der Waals surface area contributed by atoms with Gasteiger partial charge in [-0.05, 0) is 80.1 Å². The lowest BCUT2D eigenvalue weighted by Gasteiger charge is -2.15. The van der Waals surface area contributed by atoms with E-state index in [1.807, 2.05) is 36.4 Å². The van der Waals surface area contributed by atoms with E-state index in [1.54, 1.807) is 0 Å². The minimum absolute atomic E-state index is 0.0409. The Morgan fingerprint density at radius 2 is 1.79 bits per heavy atom. The van der Waals surface area contributed by atoms with E-state index in [4.69, 9.17) is 11.6 Å². The van der Waals surface area contributed by atoms with E-state index in [9.17, 15) is 9.59 Å². The Bertz CT molecular complexity index is 833. The van der Waals surface area contributed by atoms with E-state index < -0.39 is 0 Å². The molecule has 2 N–H and O–H groups in total. The third-order valence-corrected chi connectivity index (χ3v) is 5.61. The van der Waals surface area contributed by atoms with Crippen molar-refractivity contribution >= 4 is 23.3 Å². The maximum Gasteiger partial charge on any atom is 0.220 e. The second-order valence-electron chi connectivity index (χ2n) is 7.59. The summed E-state index contributed by atoms with van der Waals surface area (Å²) in [6.45, 7) is 2.61. The average molecular weight is 413 g/mol. The first-order chi connectivity index (χ1) is 14.1. The first-order valence-electron chi connectivity index (χ1n) is 10.5. The molecule has 0 bridgehead atoms. The van der Waals surface area contributed by atoms with E-state index in [-0.39, 0.29) is 24.5 Å². The Balaban J connectivity index is 1.39. The highest BCUT2D eigenvalue weighted by atomic mass is 35.5. The van der Waals surface area contributed by atoms with Gasteiger partial charge in [-0.15, -0.1) is 0 Å². The summed E-state index contributed by atoms with van der Waals surface area (Å²) in [5.41, 5.74) is 4.53. The molecule has 0 aromatic heterocycles. The van der Waals surface area contributed by atoms with E-state index >= 15 is 0 Å². The summed E-state index contributed by atoms with van der Waals surface area (Å²) < 4.78 is 0. The summed E-state index contributed by atoms with van der Waals surface area (Å²) in [6.07, 6.45) is 5.36. The third-order valence-electron chi connectivity index (χ3n) is 5.36. The van der Waals surface area contributed by atoms with E-state index in [2.05, 4.69) is 16.7 Å². The highest BCUT2D eigenvalue weighted by molar-refractivity contribution is 6.30. The molecule has 5 heteroatoms. The molecule has 0 saturated carbocycles. The lowest BCUT2D eigenvalue weighted by molar-refractivity contribution is -0.121. The predicted octanol–water partition coefficient (Wildman–Crippen LogP) is 4.13. The van der Waals surface area contributed by atoms with Gasteiger partial charge in [0.25, 0.3) is 0 Å². The molecule has 2 aromatic rings. The topological polar surface area (TPSA) is 58.2 Å². The molecule has 2 aromatic carbocycles. The van der Waals surface area contributed by atoms with Crippen LogP contribution in [0.15, 0.2) is 42.5 Å². The van der Waals surface area contributed by atoms with Crippen molar-refractivity contribution in [2.45, 2.75) is 44.9 Å². The minimum atomic E-state index is -0.0649. The van der Waals surface area contributed by atoms with Gasteiger partial charge in [0, 0.05) is 30.0 Å². The van der Waals surface area contributed by atoms with Gasteiger partial charge < -0.3 is 10.6 Å². The SMILES string of the molecule is O=C(CCC(=O)c1ccc2c(c1)CCNCCC2)NCCCc1ccc(Cl)cc1. The van der Waals surface area contributed by atoms with E-state index in [1.165, 1.54) is 16.7 Å². The zero-order valence-electron chi connectivity index (χ0n) is 16.8. The largest absolute Gasteiger partial charge is 0.356 e. The summed E-state index contributed by atoms with van der Waals surface area (Å²) in [7, 11) is 0. The van der Waals surface area contributed by atoms with Crippen LogP contribution in [0.25, 0.3) is 0 Å². The number of hydrogen-bond acceptors (Lipinski definition) is 3. The number of rotatable bonds is 8. The number of hydrogen-bond donors (Lipinski definition) is 2. The van der Waals surface area contributed by atoms with Crippen LogP contribution in [0.4, 0.5) is 0 Å². The molecule has 0 atom stereocenters. The number of benzene rings is 2. The Morgan fingerprint density at radius 1 is 0.966 bits per heavy atom. The van der Waals surface area contributed by atoms with Crippen LogP contribution in [-0.2, 0) is 24.1 Å². The van der Waals surface area contributed by atoms with Crippen LogP contribution in [0.2, 0.25) is 5.02 Å². The molecule has 1 amide bonds. The van der Waals surface area contributed by atoms with Gasteiger partial charge in [0.1, 0.15) is 0 Å². The molecule has 4 nitrogen and oxygen atoms in total. The molecule has 0 saturated heterocycles. The van der Waals surface area contributed by atoms with Crippen molar-refractivity contribution in [1.82, 2.24) is 10.6 Å². The molecule has 1 aliphatic heterocycles. The Labute approximate surface area is 178 Å². The van der Waals surface area contributed by atoms with Crippen molar-refractivity contribution in [3.05, 3.63) is 69.7 Å². The van der Waals surface area contributed by atoms with Crippen LogP contribution in [-0.4, -0.2) is 31.3 Å². The molecule has 0 fully saturated rings. The number of carbonyl (C=O) groups excluding carboxylic acids is 2. The zero-order valence-corrected chi connectivity index (χ0v) is 17.6. The fraction of sp³-hybridized carbons (Fsp3) is 0.417. The second kappa shape index (κ2) is 11.1. The third kappa shape index (κ3) is 6.98. The monoisotopic (exact) mass is 412 g/mol. The quantitative estimate of drug-likeness (QED) is 0.506. The zero-order chi connectivity index (χ0) is 20.5. The predicted molar refractivity (Wildman–Crippen MR) is 118 cm³/mol. The smallest absolute Gasteiger partial charge is 0.220 e. The van der Waals surface area contributed by atoms with Crippen LogP contribution < -0.4 is 10.6 Å².